The summed E-state index contributed by atoms with van der Waals surface area (Å²) < 4.78 is 64.4. The number of hydrogen-bond acceptors (Lipinski definition) is 4. The van der Waals surface area contributed by atoms with Gasteiger partial charge in [-0.3, -0.25) is 4.79 Å². The van der Waals surface area contributed by atoms with E-state index in [1.807, 2.05) is 0 Å². The van der Waals surface area contributed by atoms with E-state index < -0.39 is 23.5 Å². The number of aryl methyl sites for hydroxylation is 1. The van der Waals surface area contributed by atoms with E-state index in [-0.39, 0.29) is 47.6 Å². The molecule has 11 heteroatoms. The Labute approximate surface area is 192 Å². The second kappa shape index (κ2) is 10.2. The van der Waals surface area contributed by atoms with Crippen LogP contribution < -0.4 is 10.1 Å². The maximum Gasteiger partial charge on any atom is 0.416 e. The Morgan fingerprint density at radius 2 is 1.85 bits per heavy atom. The summed E-state index contributed by atoms with van der Waals surface area (Å²) in [6, 6.07) is 8.44. The van der Waals surface area contributed by atoms with Crippen molar-refractivity contribution in [2.75, 3.05) is 25.6 Å². The van der Waals surface area contributed by atoms with Crippen LogP contribution in [0.25, 0.3) is 0 Å². The summed E-state index contributed by atoms with van der Waals surface area (Å²) in [5, 5.41) is 6.66. The largest absolute Gasteiger partial charge is 0.489 e. The third-order valence-electron chi connectivity index (χ3n) is 4.64. The van der Waals surface area contributed by atoms with Crippen molar-refractivity contribution in [3.63, 3.8) is 0 Å². The molecule has 176 valence electrons. The molecule has 0 aliphatic heterocycles. The van der Waals surface area contributed by atoms with E-state index in [9.17, 15) is 22.4 Å². The number of carbonyl (C=O) groups is 1. The normalized spacial score (nSPS) is 11.5. The molecular formula is C22H20ClF4N3O3. The molecule has 2 aromatic carbocycles. The molecule has 0 radical (unpaired) electrons. The van der Waals surface area contributed by atoms with Crippen LogP contribution >= 0.6 is 11.6 Å². The number of anilines is 1. The van der Waals surface area contributed by atoms with Gasteiger partial charge in [0.25, 0.3) is 5.91 Å². The number of aromatic nitrogens is 2. The SMILES string of the molecule is COCCOc1ccc(C(F)(F)F)cc1NC(=O)c1c(C)nn(Cc2ccc(F)cc2)c1Cl. The van der Waals surface area contributed by atoms with Crippen LogP contribution in [-0.2, 0) is 17.5 Å². The van der Waals surface area contributed by atoms with Gasteiger partial charge in [0.15, 0.2) is 0 Å². The van der Waals surface area contributed by atoms with Crippen molar-refractivity contribution in [3.8, 4) is 5.75 Å². The molecule has 3 rings (SSSR count). The third-order valence-corrected chi connectivity index (χ3v) is 5.02. The fourth-order valence-electron chi connectivity index (χ4n) is 3.03. The molecule has 0 unspecified atom stereocenters. The third kappa shape index (κ3) is 6.02. The summed E-state index contributed by atoms with van der Waals surface area (Å²) in [6.45, 7) is 1.99. The molecule has 0 aliphatic carbocycles. The van der Waals surface area contributed by atoms with Crippen molar-refractivity contribution < 1.29 is 31.8 Å². The molecule has 6 nitrogen and oxygen atoms in total. The summed E-state index contributed by atoms with van der Waals surface area (Å²) in [4.78, 5) is 12.9. The number of hydrogen-bond donors (Lipinski definition) is 1. The van der Waals surface area contributed by atoms with Gasteiger partial charge in [-0.1, -0.05) is 23.7 Å². The van der Waals surface area contributed by atoms with E-state index in [0.29, 0.717) is 5.56 Å². The Balaban J connectivity index is 1.88. The van der Waals surface area contributed by atoms with Crippen molar-refractivity contribution >= 4 is 23.2 Å². The highest BCUT2D eigenvalue weighted by Gasteiger charge is 2.32. The first-order valence-corrected chi connectivity index (χ1v) is 10.1. The van der Waals surface area contributed by atoms with Crippen LogP contribution in [0.2, 0.25) is 5.15 Å². The van der Waals surface area contributed by atoms with Crippen LogP contribution in [0.4, 0.5) is 23.2 Å². The second-order valence-electron chi connectivity index (χ2n) is 7.04. The molecule has 0 spiro atoms. The lowest BCUT2D eigenvalue weighted by molar-refractivity contribution is -0.137. The highest BCUT2D eigenvalue weighted by molar-refractivity contribution is 6.33. The smallest absolute Gasteiger partial charge is 0.416 e. The molecule has 1 aromatic heterocycles. The van der Waals surface area contributed by atoms with Gasteiger partial charge in [-0.05, 0) is 42.8 Å². The van der Waals surface area contributed by atoms with E-state index in [1.54, 1.807) is 19.1 Å². The zero-order chi connectivity index (χ0) is 24.2. The average Bonchev–Trinajstić information content (AvgIpc) is 3.03. The highest BCUT2D eigenvalue weighted by atomic mass is 35.5. The van der Waals surface area contributed by atoms with E-state index in [4.69, 9.17) is 21.1 Å². The zero-order valence-electron chi connectivity index (χ0n) is 17.7. The van der Waals surface area contributed by atoms with Gasteiger partial charge in [0, 0.05) is 7.11 Å². The van der Waals surface area contributed by atoms with Crippen molar-refractivity contribution in [1.29, 1.82) is 0 Å². The molecule has 0 aliphatic rings. The maximum atomic E-state index is 13.2. The average molecular weight is 486 g/mol. The quantitative estimate of drug-likeness (QED) is 0.346. The fraction of sp³-hybridized carbons (Fsp3) is 0.273. The topological polar surface area (TPSA) is 65.4 Å². The number of ether oxygens (including phenoxy) is 2. The van der Waals surface area contributed by atoms with Gasteiger partial charge in [-0.2, -0.15) is 18.3 Å². The number of benzene rings is 2. The minimum Gasteiger partial charge on any atom is -0.489 e. The van der Waals surface area contributed by atoms with Gasteiger partial charge in [0.1, 0.15) is 23.3 Å². The number of amides is 1. The summed E-state index contributed by atoms with van der Waals surface area (Å²) in [5.41, 5.74) is -0.161. The van der Waals surface area contributed by atoms with Gasteiger partial charge in [0.2, 0.25) is 0 Å². The maximum absolute atomic E-state index is 13.2. The van der Waals surface area contributed by atoms with Gasteiger partial charge in [-0.15, -0.1) is 0 Å². The lowest BCUT2D eigenvalue weighted by atomic mass is 10.1. The molecule has 1 amide bonds. The Hall–Kier alpha value is -3.11. The predicted molar refractivity (Wildman–Crippen MR) is 114 cm³/mol. The predicted octanol–water partition coefficient (Wildman–Crippen LogP) is 5.33. The molecule has 0 saturated heterocycles. The number of nitrogens with one attached hydrogen (secondary N) is 1. The molecule has 0 atom stereocenters. The van der Waals surface area contributed by atoms with Crippen molar-refractivity contribution in [2.45, 2.75) is 19.6 Å². The van der Waals surface area contributed by atoms with E-state index >= 15 is 0 Å². The molecule has 0 fully saturated rings. The van der Waals surface area contributed by atoms with Gasteiger partial charge < -0.3 is 14.8 Å². The molecule has 0 saturated carbocycles. The monoisotopic (exact) mass is 485 g/mol. The van der Waals surface area contributed by atoms with Gasteiger partial charge in [-0.25, -0.2) is 9.07 Å². The van der Waals surface area contributed by atoms with Gasteiger partial charge >= 0.3 is 6.18 Å². The van der Waals surface area contributed by atoms with Crippen LogP contribution in [0.1, 0.15) is 27.2 Å². The fourth-order valence-corrected chi connectivity index (χ4v) is 3.35. The molecule has 0 bridgehead atoms. The Kier molecular flexibility index (Phi) is 7.60. The van der Waals surface area contributed by atoms with Crippen LogP contribution in [0.5, 0.6) is 5.75 Å². The van der Waals surface area contributed by atoms with Crippen molar-refractivity contribution in [3.05, 3.63) is 75.8 Å². The highest BCUT2D eigenvalue weighted by Crippen LogP contribution is 2.35. The molecule has 1 N–H and O–H groups in total. The molecule has 33 heavy (non-hydrogen) atoms. The number of alkyl halides is 3. The van der Waals surface area contributed by atoms with E-state index in [1.165, 1.54) is 23.9 Å². The number of carbonyl (C=O) groups excluding carboxylic acids is 1. The second-order valence-corrected chi connectivity index (χ2v) is 7.40. The zero-order valence-corrected chi connectivity index (χ0v) is 18.4. The van der Waals surface area contributed by atoms with Crippen molar-refractivity contribution in [2.24, 2.45) is 0 Å². The van der Waals surface area contributed by atoms with Crippen LogP contribution in [0.3, 0.4) is 0 Å². The number of halogens is 5. The first-order chi connectivity index (χ1) is 15.6. The summed E-state index contributed by atoms with van der Waals surface area (Å²) in [5.74, 6) is -1.11. The van der Waals surface area contributed by atoms with Crippen LogP contribution in [-0.4, -0.2) is 36.0 Å². The minimum atomic E-state index is -4.61. The van der Waals surface area contributed by atoms with Crippen LogP contribution in [0.15, 0.2) is 42.5 Å². The standard InChI is InChI=1S/C22H20ClF4N3O3/c1-13-19(20(23)30(29-13)12-14-3-6-16(24)7-4-14)21(31)28-17-11-15(22(25,26)27)5-8-18(17)33-10-9-32-2/h3-8,11H,9-10,12H2,1-2H3,(H,28,31). The van der Waals surface area contributed by atoms with E-state index in [2.05, 4.69) is 10.4 Å². The number of methoxy groups -OCH3 is 1. The first-order valence-electron chi connectivity index (χ1n) is 9.72. The molecular weight excluding hydrogens is 466 g/mol. The van der Waals surface area contributed by atoms with E-state index in [0.717, 1.165) is 18.2 Å². The summed E-state index contributed by atoms with van der Waals surface area (Å²) >= 11 is 6.36. The number of nitrogens with zero attached hydrogens (tertiary/aromatic N) is 2. The Morgan fingerprint density at radius 3 is 2.48 bits per heavy atom. The molecule has 3 aromatic rings. The first kappa shape index (κ1) is 24.5. The van der Waals surface area contributed by atoms with Gasteiger partial charge in [0.05, 0.1) is 35.7 Å². The summed E-state index contributed by atoms with van der Waals surface area (Å²) in [7, 11) is 1.45. The van der Waals surface area contributed by atoms with Crippen LogP contribution in [0, 0.1) is 12.7 Å². The minimum absolute atomic E-state index is 0.000897. The van der Waals surface area contributed by atoms with Crippen molar-refractivity contribution in [1.82, 2.24) is 9.78 Å². The Morgan fingerprint density at radius 1 is 1.15 bits per heavy atom. The molecule has 1 heterocycles. The lowest BCUT2D eigenvalue weighted by Crippen LogP contribution is -2.16. The summed E-state index contributed by atoms with van der Waals surface area (Å²) in [6.07, 6.45) is -4.61. The number of rotatable bonds is 8. The lowest BCUT2D eigenvalue weighted by Gasteiger charge is -2.15. The Bertz CT molecular complexity index is 1130.